The molecule has 2 aromatic rings. The number of hydrogen-bond acceptors (Lipinski definition) is 4. The van der Waals surface area contributed by atoms with Crippen molar-refractivity contribution >= 4 is 6.03 Å². The van der Waals surface area contributed by atoms with Crippen molar-refractivity contribution in [3.8, 4) is 16.9 Å². The second-order valence-electron chi connectivity index (χ2n) is 6.82. The third-order valence-electron chi connectivity index (χ3n) is 4.23. The molecule has 0 fully saturated rings. The van der Waals surface area contributed by atoms with Crippen LogP contribution in [0, 0.1) is 5.92 Å². The first kappa shape index (κ1) is 17.2. The topological polar surface area (TPSA) is 67.4 Å². The lowest BCUT2D eigenvalue weighted by Gasteiger charge is -2.27. The Kier molecular flexibility index (Phi) is 5.16. The van der Waals surface area contributed by atoms with Gasteiger partial charge in [-0.3, -0.25) is 0 Å². The zero-order valence-electron chi connectivity index (χ0n) is 14.9. The summed E-state index contributed by atoms with van der Waals surface area (Å²) in [6.45, 7) is 7.83. The van der Waals surface area contributed by atoms with Crippen molar-refractivity contribution in [3.63, 3.8) is 0 Å². The molecule has 0 saturated heterocycles. The van der Waals surface area contributed by atoms with Crippen molar-refractivity contribution in [3.05, 3.63) is 42.5 Å². The van der Waals surface area contributed by atoms with Crippen LogP contribution in [0.5, 0.6) is 5.75 Å². The van der Waals surface area contributed by atoms with Crippen LogP contribution < -0.4 is 10.1 Å². The van der Waals surface area contributed by atoms with Crippen molar-refractivity contribution in [2.24, 2.45) is 5.92 Å². The van der Waals surface area contributed by atoms with E-state index < -0.39 is 0 Å². The second kappa shape index (κ2) is 7.51. The van der Waals surface area contributed by atoms with Gasteiger partial charge >= 0.3 is 6.03 Å². The molecule has 0 spiro atoms. The van der Waals surface area contributed by atoms with Crippen LogP contribution in [0.3, 0.4) is 0 Å². The highest BCUT2D eigenvalue weighted by Crippen LogP contribution is 2.30. The highest BCUT2D eigenvalue weighted by atomic mass is 16.5. The first-order chi connectivity index (χ1) is 12.0. The Balaban J connectivity index is 1.84. The fourth-order valence-electron chi connectivity index (χ4n) is 2.78. The molecule has 1 aliphatic rings. The lowest BCUT2D eigenvalue weighted by Crippen LogP contribution is -2.46. The summed E-state index contributed by atoms with van der Waals surface area (Å²) in [6, 6.07) is 5.96. The van der Waals surface area contributed by atoms with Crippen LogP contribution in [0.4, 0.5) is 4.79 Å². The van der Waals surface area contributed by atoms with Crippen molar-refractivity contribution in [2.75, 3.05) is 13.2 Å². The van der Waals surface area contributed by atoms with Crippen LogP contribution in [0.1, 0.15) is 26.3 Å². The Morgan fingerprint density at radius 3 is 2.80 bits per heavy atom. The Hall–Kier alpha value is -2.63. The summed E-state index contributed by atoms with van der Waals surface area (Å²) in [5.74, 6) is 1.24. The normalized spacial score (nSPS) is 16.8. The van der Waals surface area contributed by atoms with Gasteiger partial charge in [0.1, 0.15) is 18.7 Å². The Morgan fingerprint density at radius 2 is 2.08 bits per heavy atom. The van der Waals surface area contributed by atoms with Crippen LogP contribution in [0.25, 0.3) is 11.1 Å². The number of nitrogens with one attached hydrogen (secondary N) is 1. The number of hydrogen-bond donors (Lipinski definition) is 1. The van der Waals surface area contributed by atoms with E-state index >= 15 is 0 Å². The molecule has 132 valence electrons. The van der Waals surface area contributed by atoms with Gasteiger partial charge in [-0.1, -0.05) is 19.9 Å². The number of benzene rings is 1. The summed E-state index contributed by atoms with van der Waals surface area (Å²) in [4.78, 5) is 22.5. The van der Waals surface area contributed by atoms with E-state index in [-0.39, 0.29) is 12.1 Å². The van der Waals surface area contributed by atoms with E-state index in [0.29, 0.717) is 25.6 Å². The summed E-state index contributed by atoms with van der Waals surface area (Å²) in [7, 11) is 0. The van der Waals surface area contributed by atoms with Gasteiger partial charge in [0.2, 0.25) is 0 Å². The van der Waals surface area contributed by atoms with Crippen LogP contribution in [0.15, 0.2) is 36.9 Å². The summed E-state index contributed by atoms with van der Waals surface area (Å²) < 4.78 is 5.90. The number of rotatable bonds is 3. The van der Waals surface area contributed by atoms with Gasteiger partial charge in [0, 0.05) is 30.1 Å². The molecular weight excluding hydrogens is 316 g/mol. The first-order valence-electron chi connectivity index (χ1n) is 8.60. The minimum absolute atomic E-state index is 0.00284. The van der Waals surface area contributed by atoms with Gasteiger partial charge in [-0.15, -0.1) is 0 Å². The predicted molar refractivity (Wildman–Crippen MR) is 96.2 cm³/mol. The lowest BCUT2D eigenvalue weighted by molar-refractivity contribution is 0.156. The predicted octanol–water partition coefficient (Wildman–Crippen LogP) is 3.09. The molecule has 2 heterocycles. The molecule has 1 N–H and O–H groups in total. The average molecular weight is 340 g/mol. The molecule has 0 radical (unpaired) electrons. The van der Waals surface area contributed by atoms with Gasteiger partial charge in [0.05, 0.1) is 12.6 Å². The minimum atomic E-state index is -0.0499. The van der Waals surface area contributed by atoms with Gasteiger partial charge < -0.3 is 15.0 Å². The monoisotopic (exact) mass is 340 g/mol. The van der Waals surface area contributed by atoms with Crippen molar-refractivity contribution in [2.45, 2.75) is 33.4 Å². The molecule has 0 aliphatic carbocycles. The van der Waals surface area contributed by atoms with Crippen molar-refractivity contribution in [1.29, 1.82) is 0 Å². The standard InChI is InChI=1S/C19H24N4O2/c1-13(2)7-22-19(24)23-10-16-6-15(17-8-20-12-21-9-17)4-5-18(16)25-11-14(23)3/h4-6,8-9,12-14H,7,10-11H2,1-3H3,(H,22,24)/t14-/m0/s1. The molecule has 0 unspecified atom stereocenters. The molecule has 1 aromatic carbocycles. The molecule has 6 heteroatoms. The summed E-state index contributed by atoms with van der Waals surface area (Å²) in [5, 5.41) is 3.00. The molecule has 1 atom stereocenters. The zero-order valence-corrected chi connectivity index (χ0v) is 14.9. The number of carbonyl (C=O) groups excluding carboxylic acids is 1. The quantitative estimate of drug-likeness (QED) is 0.932. The zero-order chi connectivity index (χ0) is 17.8. The Morgan fingerprint density at radius 1 is 1.32 bits per heavy atom. The molecule has 0 saturated carbocycles. The number of nitrogens with zero attached hydrogens (tertiary/aromatic N) is 3. The number of urea groups is 1. The maximum atomic E-state index is 12.6. The van der Waals surface area contributed by atoms with E-state index in [1.165, 1.54) is 6.33 Å². The van der Waals surface area contributed by atoms with Gasteiger partial charge in [0.15, 0.2) is 0 Å². The molecule has 3 rings (SSSR count). The summed E-state index contributed by atoms with van der Waals surface area (Å²) in [5.41, 5.74) is 2.95. The third-order valence-corrected chi connectivity index (χ3v) is 4.23. The number of aromatic nitrogens is 2. The van der Waals surface area contributed by atoms with E-state index in [9.17, 15) is 4.79 Å². The maximum absolute atomic E-state index is 12.6. The maximum Gasteiger partial charge on any atom is 0.318 e. The number of ether oxygens (including phenoxy) is 1. The van der Waals surface area contributed by atoms with E-state index in [1.54, 1.807) is 12.4 Å². The number of carbonyl (C=O) groups is 1. The molecule has 1 aromatic heterocycles. The number of amides is 2. The lowest BCUT2D eigenvalue weighted by atomic mass is 10.0. The average Bonchev–Trinajstić information content (AvgIpc) is 2.79. The van der Waals surface area contributed by atoms with Gasteiger partial charge in [0.25, 0.3) is 0 Å². The van der Waals surface area contributed by atoms with E-state index in [2.05, 4.69) is 35.2 Å². The SMILES string of the molecule is CC(C)CNC(=O)N1Cc2cc(-c3cncnc3)ccc2OC[C@@H]1C. The fraction of sp³-hybridized carbons (Fsp3) is 0.421. The molecule has 2 amide bonds. The highest BCUT2D eigenvalue weighted by molar-refractivity contribution is 5.75. The van der Waals surface area contributed by atoms with Crippen LogP contribution in [-0.2, 0) is 6.54 Å². The second-order valence-corrected chi connectivity index (χ2v) is 6.82. The van der Waals surface area contributed by atoms with E-state index in [1.807, 2.05) is 24.0 Å². The van der Waals surface area contributed by atoms with Crippen LogP contribution >= 0.6 is 0 Å². The third kappa shape index (κ3) is 4.07. The van der Waals surface area contributed by atoms with Crippen LogP contribution in [0.2, 0.25) is 0 Å². The summed E-state index contributed by atoms with van der Waals surface area (Å²) >= 11 is 0. The summed E-state index contributed by atoms with van der Waals surface area (Å²) in [6.07, 6.45) is 5.07. The molecule has 25 heavy (non-hydrogen) atoms. The minimum Gasteiger partial charge on any atom is -0.491 e. The van der Waals surface area contributed by atoms with Crippen molar-refractivity contribution < 1.29 is 9.53 Å². The van der Waals surface area contributed by atoms with E-state index in [4.69, 9.17) is 4.74 Å². The Labute approximate surface area is 148 Å². The van der Waals surface area contributed by atoms with Gasteiger partial charge in [-0.2, -0.15) is 0 Å². The molecule has 0 bridgehead atoms. The van der Waals surface area contributed by atoms with E-state index in [0.717, 1.165) is 22.4 Å². The van der Waals surface area contributed by atoms with Gasteiger partial charge in [-0.25, -0.2) is 14.8 Å². The fourth-order valence-corrected chi connectivity index (χ4v) is 2.78. The molecule has 1 aliphatic heterocycles. The molecular formula is C19H24N4O2. The largest absolute Gasteiger partial charge is 0.491 e. The van der Waals surface area contributed by atoms with Gasteiger partial charge in [-0.05, 0) is 30.5 Å². The smallest absolute Gasteiger partial charge is 0.318 e. The Bertz CT molecular complexity index is 733. The number of fused-ring (bicyclic) bond motifs is 1. The highest BCUT2D eigenvalue weighted by Gasteiger charge is 2.26. The van der Waals surface area contributed by atoms with Crippen LogP contribution in [-0.4, -0.2) is 40.1 Å². The molecule has 6 nitrogen and oxygen atoms in total. The van der Waals surface area contributed by atoms with Crippen molar-refractivity contribution in [1.82, 2.24) is 20.2 Å². The first-order valence-corrected chi connectivity index (χ1v) is 8.60.